The van der Waals surface area contributed by atoms with Crippen molar-refractivity contribution in [3.8, 4) is 11.8 Å². The molecular formula is C18H25N3O2. The lowest BCUT2D eigenvalue weighted by Gasteiger charge is -2.25. The Bertz CT molecular complexity index is 558. The van der Waals surface area contributed by atoms with E-state index in [9.17, 15) is 4.79 Å². The first-order chi connectivity index (χ1) is 11.2. The molecule has 1 amide bonds. The first kappa shape index (κ1) is 17.1. The maximum atomic E-state index is 12.4. The van der Waals surface area contributed by atoms with E-state index < -0.39 is 0 Å². The molecule has 0 aliphatic carbocycles. The average Bonchev–Trinajstić information content (AvgIpc) is 2.53. The van der Waals surface area contributed by atoms with Gasteiger partial charge in [-0.05, 0) is 38.0 Å². The van der Waals surface area contributed by atoms with Crippen LogP contribution in [0, 0.1) is 11.3 Å². The zero-order chi connectivity index (χ0) is 16.5. The number of nitrogens with one attached hydrogen (secondary N) is 1. The number of hydrogen-bond acceptors (Lipinski definition) is 4. The average molecular weight is 315 g/mol. The third-order valence-electron chi connectivity index (χ3n) is 4.05. The molecule has 1 aromatic rings. The van der Waals surface area contributed by atoms with Crippen LogP contribution in [0.15, 0.2) is 18.2 Å². The van der Waals surface area contributed by atoms with Crippen LogP contribution in [-0.4, -0.2) is 37.0 Å². The number of carbonyl (C=O) groups excluding carboxylic acids is 1. The van der Waals surface area contributed by atoms with E-state index >= 15 is 0 Å². The van der Waals surface area contributed by atoms with Crippen LogP contribution < -0.4 is 10.1 Å². The molecule has 1 N–H and O–H groups in total. The highest BCUT2D eigenvalue weighted by Gasteiger charge is 2.15. The van der Waals surface area contributed by atoms with Crippen LogP contribution in [0.5, 0.6) is 5.75 Å². The lowest BCUT2D eigenvalue weighted by molar-refractivity contribution is -0.129. The van der Waals surface area contributed by atoms with Gasteiger partial charge < -0.3 is 15.0 Å². The van der Waals surface area contributed by atoms with E-state index in [1.54, 1.807) is 18.2 Å². The number of nitrogens with zero attached hydrogens (tertiary/aromatic N) is 2. The van der Waals surface area contributed by atoms with Crippen LogP contribution in [0.1, 0.15) is 44.6 Å². The molecule has 5 heteroatoms. The third kappa shape index (κ3) is 5.17. The molecule has 0 spiro atoms. The normalized spacial score (nSPS) is 15.2. The molecule has 0 radical (unpaired) electrons. The lowest BCUT2D eigenvalue weighted by atomic mass is 10.1. The Morgan fingerprint density at radius 2 is 1.96 bits per heavy atom. The topological polar surface area (TPSA) is 65.4 Å². The van der Waals surface area contributed by atoms with Crippen molar-refractivity contribution in [3.05, 3.63) is 23.8 Å². The Balaban J connectivity index is 1.98. The largest absolute Gasteiger partial charge is 0.492 e. The standard InChI is InChI=1S/C18H25N3O2/c1-2-23-17-9-8-15(13-19)12-16(17)20-14-18(22)21-10-6-4-3-5-7-11-21/h8-9,12,20H,2-7,10-11,14H2,1H3. The molecule has 23 heavy (non-hydrogen) atoms. The van der Waals surface area contributed by atoms with E-state index in [2.05, 4.69) is 11.4 Å². The highest BCUT2D eigenvalue weighted by Crippen LogP contribution is 2.25. The van der Waals surface area contributed by atoms with Crippen molar-refractivity contribution >= 4 is 11.6 Å². The Kier molecular flexibility index (Phi) is 6.74. The van der Waals surface area contributed by atoms with Crippen molar-refractivity contribution < 1.29 is 9.53 Å². The predicted molar refractivity (Wildman–Crippen MR) is 90.5 cm³/mol. The van der Waals surface area contributed by atoms with Crippen molar-refractivity contribution in [2.75, 3.05) is 31.6 Å². The van der Waals surface area contributed by atoms with Gasteiger partial charge in [0.25, 0.3) is 0 Å². The molecule has 0 atom stereocenters. The number of carbonyl (C=O) groups is 1. The summed E-state index contributed by atoms with van der Waals surface area (Å²) in [4.78, 5) is 14.4. The number of benzene rings is 1. The molecule has 1 aliphatic rings. The summed E-state index contributed by atoms with van der Waals surface area (Å²) in [5.74, 6) is 0.781. The van der Waals surface area contributed by atoms with Crippen LogP contribution in [0.3, 0.4) is 0 Å². The summed E-state index contributed by atoms with van der Waals surface area (Å²) in [6, 6.07) is 7.33. The lowest BCUT2D eigenvalue weighted by Crippen LogP contribution is -2.37. The minimum absolute atomic E-state index is 0.108. The maximum absolute atomic E-state index is 12.4. The summed E-state index contributed by atoms with van der Waals surface area (Å²) >= 11 is 0. The van der Waals surface area contributed by atoms with Crippen LogP contribution in [0.2, 0.25) is 0 Å². The Hall–Kier alpha value is -2.22. The SMILES string of the molecule is CCOc1ccc(C#N)cc1NCC(=O)N1CCCCCCC1. The molecule has 5 nitrogen and oxygen atoms in total. The number of nitriles is 1. The third-order valence-corrected chi connectivity index (χ3v) is 4.05. The second-order valence-corrected chi connectivity index (χ2v) is 5.76. The zero-order valence-corrected chi connectivity index (χ0v) is 13.8. The summed E-state index contributed by atoms with van der Waals surface area (Å²) in [5.41, 5.74) is 1.25. The van der Waals surface area contributed by atoms with Crippen molar-refractivity contribution in [1.82, 2.24) is 4.90 Å². The van der Waals surface area contributed by atoms with E-state index in [0.717, 1.165) is 25.9 Å². The van der Waals surface area contributed by atoms with E-state index in [0.29, 0.717) is 23.6 Å². The fourth-order valence-corrected chi connectivity index (χ4v) is 2.80. The second-order valence-electron chi connectivity index (χ2n) is 5.76. The minimum Gasteiger partial charge on any atom is -0.492 e. The fraction of sp³-hybridized carbons (Fsp3) is 0.556. The smallest absolute Gasteiger partial charge is 0.241 e. The van der Waals surface area contributed by atoms with Crippen LogP contribution in [0.25, 0.3) is 0 Å². The maximum Gasteiger partial charge on any atom is 0.241 e. The summed E-state index contributed by atoms with van der Waals surface area (Å²) in [6.07, 6.45) is 5.85. The van der Waals surface area contributed by atoms with E-state index in [1.165, 1.54) is 19.3 Å². The number of amides is 1. The summed E-state index contributed by atoms with van der Waals surface area (Å²) in [6.45, 7) is 4.37. The van der Waals surface area contributed by atoms with Gasteiger partial charge >= 0.3 is 0 Å². The monoisotopic (exact) mass is 315 g/mol. The van der Waals surface area contributed by atoms with Gasteiger partial charge in [0.1, 0.15) is 5.75 Å². The number of hydrogen-bond donors (Lipinski definition) is 1. The Labute approximate surface area is 138 Å². The number of anilines is 1. The van der Waals surface area contributed by atoms with Gasteiger partial charge in [0.15, 0.2) is 0 Å². The van der Waals surface area contributed by atoms with Crippen LogP contribution >= 0.6 is 0 Å². The molecule has 1 aliphatic heterocycles. The van der Waals surface area contributed by atoms with Gasteiger partial charge in [-0.1, -0.05) is 19.3 Å². The van der Waals surface area contributed by atoms with Gasteiger partial charge in [-0.3, -0.25) is 4.79 Å². The molecule has 2 rings (SSSR count). The van der Waals surface area contributed by atoms with E-state index in [-0.39, 0.29) is 12.5 Å². The van der Waals surface area contributed by atoms with Gasteiger partial charge in [0, 0.05) is 13.1 Å². The number of rotatable bonds is 5. The molecule has 0 aromatic heterocycles. The predicted octanol–water partition coefficient (Wildman–Crippen LogP) is 3.16. The van der Waals surface area contributed by atoms with Crippen LogP contribution in [-0.2, 0) is 4.79 Å². The molecule has 1 saturated heterocycles. The fourth-order valence-electron chi connectivity index (χ4n) is 2.80. The number of ether oxygens (including phenoxy) is 1. The quantitative estimate of drug-likeness (QED) is 0.906. The van der Waals surface area contributed by atoms with Gasteiger partial charge in [0.05, 0.1) is 30.5 Å². The van der Waals surface area contributed by atoms with Gasteiger partial charge in [-0.15, -0.1) is 0 Å². The molecule has 1 fully saturated rings. The minimum atomic E-state index is 0.108. The number of likely N-dealkylation sites (tertiary alicyclic amines) is 1. The van der Waals surface area contributed by atoms with Crippen molar-refractivity contribution in [2.24, 2.45) is 0 Å². The Morgan fingerprint density at radius 3 is 2.61 bits per heavy atom. The molecular weight excluding hydrogens is 290 g/mol. The molecule has 1 aromatic carbocycles. The molecule has 0 bridgehead atoms. The molecule has 0 unspecified atom stereocenters. The van der Waals surface area contributed by atoms with Gasteiger partial charge in [0.2, 0.25) is 5.91 Å². The van der Waals surface area contributed by atoms with Gasteiger partial charge in [-0.25, -0.2) is 0 Å². The summed E-state index contributed by atoms with van der Waals surface area (Å²) < 4.78 is 5.55. The first-order valence-electron chi connectivity index (χ1n) is 8.43. The van der Waals surface area contributed by atoms with E-state index in [4.69, 9.17) is 10.00 Å². The van der Waals surface area contributed by atoms with Gasteiger partial charge in [-0.2, -0.15) is 5.26 Å². The first-order valence-corrected chi connectivity index (χ1v) is 8.43. The Morgan fingerprint density at radius 1 is 1.26 bits per heavy atom. The second kappa shape index (κ2) is 9.04. The van der Waals surface area contributed by atoms with Crippen LogP contribution in [0.4, 0.5) is 5.69 Å². The van der Waals surface area contributed by atoms with Crippen molar-refractivity contribution in [1.29, 1.82) is 5.26 Å². The molecule has 124 valence electrons. The zero-order valence-electron chi connectivity index (χ0n) is 13.8. The van der Waals surface area contributed by atoms with E-state index in [1.807, 2.05) is 11.8 Å². The molecule has 1 heterocycles. The molecule has 0 saturated carbocycles. The summed E-state index contributed by atoms with van der Waals surface area (Å²) in [5, 5.41) is 12.2. The highest BCUT2D eigenvalue weighted by atomic mass is 16.5. The highest BCUT2D eigenvalue weighted by molar-refractivity contribution is 5.81. The van der Waals surface area contributed by atoms with Crippen molar-refractivity contribution in [3.63, 3.8) is 0 Å². The summed E-state index contributed by atoms with van der Waals surface area (Å²) in [7, 11) is 0. The van der Waals surface area contributed by atoms with Crippen molar-refractivity contribution in [2.45, 2.75) is 39.0 Å².